The van der Waals surface area contributed by atoms with E-state index in [4.69, 9.17) is 0 Å². The molecule has 6 heteroatoms. The van der Waals surface area contributed by atoms with Gasteiger partial charge in [-0.05, 0) is 25.0 Å². The van der Waals surface area contributed by atoms with E-state index >= 15 is 0 Å². The molecule has 1 amide bonds. The lowest BCUT2D eigenvalue weighted by Crippen LogP contribution is -2.65. The lowest BCUT2D eigenvalue weighted by Gasteiger charge is -2.48. The van der Waals surface area contributed by atoms with Crippen molar-refractivity contribution in [3.63, 3.8) is 0 Å². The van der Waals surface area contributed by atoms with E-state index in [2.05, 4.69) is 14.8 Å². The molecule has 3 aliphatic rings. The summed E-state index contributed by atoms with van der Waals surface area (Å²) in [5, 5.41) is 0. The molecule has 1 aromatic rings. The predicted octanol–water partition coefficient (Wildman–Crippen LogP) is 0.509. The van der Waals surface area contributed by atoms with Gasteiger partial charge in [0, 0.05) is 76.5 Å². The fourth-order valence-corrected chi connectivity index (χ4v) is 3.79. The van der Waals surface area contributed by atoms with Gasteiger partial charge in [-0.1, -0.05) is 0 Å². The van der Waals surface area contributed by atoms with Crippen molar-refractivity contribution in [2.75, 3.05) is 57.8 Å². The molecule has 3 heterocycles. The molecule has 2 saturated heterocycles. The summed E-state index contributed by atoms with van der Waals surface area (Å²) in [6.45, 7) is 6.98. The Kier molecular flexibility index (Phi) is 4.41. The summed E-state index contributed by atoms with van der Waals surface area (Å²) in [4.78, 5) is 25.7. The SMILES string of the molecule is CN(CC(=O)N1CC(N2CCN(C3CC3)CC2)C1)c1ccncc1. The average molecular weight is 329 g/mol. The van der Waals surface area contributed by atoms with Crippen molar-refractivity contribution in [1.82, 2.24) is 19.7 Å². The Labute approximate surface area is 144 Å². The van der Waals surface area contributed by atoms with Crippen LogP contribution in [-0.2, 0) is 4.79 Å². The molecule has 130 valence electrons. The van der Waals surface area contributed by atoms with Crippen LogP contribution >= 0.6 is 0 Å². The van der Waals surface area contributed by atoms with Gasteiger partial charge < -0.3 is 9.80 Å². The fraction of sp³-hybridized carbons (Fsp3) is 0.667. The largest absolute Gasteiger partial charge is 0.365 e. The first kappa shape index (κ1) is 15.8. The van der Waals surface area contributed by atoms with Crippen LogP contribution in [0, 0.1) is 0 Å². The molecule has 1 aliphatic carbocycles. The van der Waals surface area contributed by atoms with Gasteiger partial charge in [-0.3, -0.25) is 19.6 Å². The maximum atomic E-state index is 12.4. The number of amides is 1. The molecule has 1 saturated carbocycles. The van der Waals surface area contributed by atoms with E-state index in [1.165, 1.54) is 39.0 Å². The maximum Gasteiger partial charge on any atom is 0.242 e. The lowest BCUT2D eigenvalue weighted by atomic mass is 10.1. The van der Waals surface area contributed by atoms with Gasteiger partial charge in [0.1, 0.15) is 0 Å². The zero-order valence-electron chi connectivity index (χ0n) is 14.5. The number of carbonyl (C=O) groups excluding carboxylic acids is 1. The Hall–Kier alpha value is -1.66. The highest BCUT2D eigenvalue weighted by Crippen LogP contribution is 2.28. The Morgan fingerprint density at radius 3 is 2.25 bits per heavy atom. The quantitative estimate of drug-likeness (QED) is 0.787. The third-order valence-electron chi connectivity index (χ3n) is 5.62. The number of likely N-dealkylation sites (N-methyl/N-ethyl adjacent to an activating group) is 1. The minimum Gasteiger partial charge on any atom is -0.365 e. The van der Waals surface area contributed by atoms with Gasteiger partial charge in [0.05, 0.1) is 6.54 Å². The van der Waals surface area contributed by atoms with Gasteiger partial charge in [-0.25, -0.2) is 0 Å². The van der Waals surface area contributed by atoms with Gasteiger partial charge in [0.2, 0.25) is 5.91 Å². The summed E-state index contributed by atoms with van der Waals surface area (Å²) in [6, 6.07) is 5.33. The molecule has 0 unspecified atom stereocenters. The summed E-state index contributed by atoms with van der Waals surface area (Å²) in [5.41, 5.74) is 1.03. The van der Waals surface area contributed by atoms with Gasteiger partial charge in [0.25, 0.3) is 0 Å². The van der Waals surface area contributed by atoms with Gasteiger partial charge in [-0.2, -0.15) is 0 Å². The number of hydrogen-bond acceptors (Lipinski definition) is 5. The number of hydrogen-bond donors (Lipinski definition) is 0. The average Bonchev–Trinajstić information content (AvgIpc) is 3.40. The van der Waals surface area contributed by atoms with Crippen LogP contribution < -0.4 is 4.90 Å². The number of pyridine rings is 1. The third kappa shape index (κ3) is 3.39. The lowest BCUT2D eigenvalue weighted by molar-refractivity contribution is -0.137. The minimum atomic E-state index is 0.224. The van der Waals surface area contributed by atoms with Crippen molar-refractivity contribution < 1.29 is 4.79 Å². The first-order valence-electron chi connectivity index (χ1n) is 9.08. The molecule has 0 spiro atoms. The smallest absolute Gasteiger partial charge is 0.242 e. The summed E-state index contributed by atoms with van der Waals surface area (Å²) < 4.78 is 0. The number of rotatable bonds is 5. The summed E-state index contributed by atoms with van der Waals surface area (Å²) >= 11 is 0. The molecular weight excluding hydrogens is 302 g/mol. The summed E-state index contributed by atoms with van der Waals surface area (Å²) in [5.74, 6) is 0.224. The van der Waals surface area contributed by atoms with Crippen molar-refractivity contribution in [1.29, 1.82) is 0 Å². The minimum absolute atomic E-state index is 0.224. The van der Waals surface area contributed by atoms with Crippen molar-refractivity contribution >= 4 is 11.6 Å². The van der Waals surface area contributed by atoms with Crippen LogP contribution in [0.2, 0.25) is 0 Å². The molecule has 6 nitrogen and oxygen atoms in total. The fourth-order valence-electron chi connectivity index (χ4n) is 3.79. The number of carbonyl (C=O) groups is 1. The summed E-state index contributed by atoms with van der Waals surface area (Å²) in [7, 11) is 1.96. The van der Waals surface area contributed by atoms with Crippen LogP contribution in [0.1, 0.15) is 12.8 Å². The second-order valence-corrected chi connectivity index (χ2v) is 7.32. The molecule has 1 aromatic heterocycles. The second kappa shape index (κ2) is 6.69. The molecule has 3 fully saturated rings. The maximum absolute atomic E-state index is 12.4. The van der Waals surface area contributed by atoms with E-state index in [1.807, 2.05) is 29.0 Å². The van der Waals surface area contributed by atoms with Crippen molar-refractivity contribution in [3.8, 4) is 0 Å². The van der Waals surface area contributed by atoms with Crippen LogP contribution in [0.4, 0.5) is 5.69 Å². The molecule has 0 atom stereocenters. The van der Waals surface area contributed by atoms with Gasteiger partial charge in [-0.15, -0.1) is 0 Å². The standard InChI is InChI=1S/C18H27N5O/c1-20(15-4-6-19-7-5-15)14-18(24)23-12-17(13-23)22-10-8-21(9-11-22)16-2-3-16/h4-7,16-17H,2-3,8-14H2,1H3. The van der Waals surface area contributed by atoms with E-state index in [9.17, 15) is 4.79 Å². The number of aromatic nitrogens is 1. The first-order chi connectivity index (χ1) is 11.7. The second-order valence-electron chi connectivity index (χ2n) is 7.32. The topological polar surface area (TPSA) is 42.9 Å². The Bertz CT molecular complexity index is 562. The molecule has 2 aliphatic heterocycles. The Morgan fingerprint density at radius 1 is 1.08 bits per heavy atom. The monoisotopic (exact) mass is 329 g/mol. The highest BCUT2D eigenvalue weighted by atomic mass is 16.2. The predicted molar refractivity (Wildman–Crippen MR) is 94.0 cm³/mol. The molecule has 0 bridgehead atoms. The number of nitrogens with zero attached hydrogens (tertiary/aromatic N) is 5. The Morgan fingerprint density at radius 2 is 1.67 bits per heavy atom. The molecule has 4 rings (SSSR count). The van der Waals surface area contributed by atoms with Crippen LogP contribution in [0.15, 0.2) is 24.5 Å². The van der Waals surface area contributed by atoms with Gasteiger partial charge in [0.15, 0.2) is 0 Å². The molecular formula is C18H27N5O. The van der Waals surface area contributed by atoms with Crippen LogP contribution in [0.3, 0.4) is 0 Å². The first-order valence-corrected chi connectivity index (χ1v) is 9.08. The van der Waals surface area contributed by atoms with Crippen molar-refractivity contribution in [3.05, 3.63) is 24.5 Å². The molecule has 0 radical (unpaired) electrons. The van der Waals surface area contributed by atoms with E-state index in [1.54, 1.807) is 12.4 Å². The zero-order chi connectivity index (χ0) is 16.5. The number of anilines is 1. The highest BCUT2D eigenvalue weighted by molar-refractivity contribution is 5.82. The molecule has 24 heavy (non-hydrogen) atoms. The van der Waals surface area contributed by atoms with Crippen molar-refractivity contribution in [2.45, 2.75) is 24.9 Å². The van der Waals surface area contributed by atoms with Gasteiger partial charge >= 0.3 is 0 Å². The molecule has 0 N–H and O–H groups in total. The van der Waals surface area contributed by atoms with E-state index < -0.39 is 0 Å². The normalized spacial score (nSPS) is 23.1. The number of piperazine rings is 1. The number of likely N-dealkylation sites (tertiary alicyclic amines) is 1. The third-order valence-corrected chi connectivity index (χ3v) is 5.62. The van der Waals surface area contributed by atoms with E-state index in [0.717, 1.165) is 24.8 Å². The highest BCUT2D eigenvalue weighted by Gasteiger charge is 2.38. The zero-order valence-corrected chi connectivity index (χ0v) is 14.5. The molecule has 0 aromatic carbocycles. The van der Waals surface area contributed by atoms with Crippen LogP contribution in [-0.4, -0.2) is 90.5 Å². The van der Waals surface area contributed by atoms with Crippen molar-refractivity contribution in [2.24, 2.45) is 0 Å². The van der Waals surface area contributed by atoms with Crippen LogP contribution in [0.5, 0.6) is 0 Å². The summed E-state index contributed by atoms with van der Waals surface area (Å²) in [6.07, 6.45) is 6.32. The van der Waals surface area contributed by atoms with E-state index in [-0.39, 0.29) is 5.91 Å². The van der Waals surface area contributed by atoms with Crippen LogP contribution in [0.25, 0.3) is 0 Å². The Balaban J connectivity index is 1.20. The van der Waals surface area contributed by atoms with E-state index in [0.29, 0.717) is 12.6 Å².